The molecule has 0 unspecified atom stereocenters. The second-order valence-corrected chi connectivity index (χ2v) is 5.32. The Morgan fingerprint density at radius 3 is 2.85 bits per heavy atom. The van der Waals surface area contributed by atoms with Crippen molar-refractivity contribution in [2.45, 2.75) is 26.2 Å². The molecule has 0 saturated carbocycles. The molecule has 1 aliphatic rings. The molecule has 0 fully saturated rings. The van der Waals surface area contributed by atoms with Gasteiger partial charge in [-0.15, -0.1) is 0 Å². The highest BCUT2D eigenvalue weighted by molar-refractivity contribution is 6.32. The SMILES string of the molecule is CCCCN(C)C(=O)c1cc(Cl)c2c(c1)OCCCO2. The molecule has 1 amide bonds. The standard InChI is InChI=1S/C15H20ClNO3/c1-3-4-6-17(2)15(18)11-9-12(16)14-13(10-11)19-7-5-8-20-14/h9-10H,3-8H2,1-2H3. The molecule has 1 heterocycles. The van der Waals surface area contributed by atoms with Gasteiger partial charge in [0.2, 0.25) is 0 Å². The fourth-order valence-corrected chi connectivity index (χ4v) is 2.34. The summed E-state index contributed by atoms with van der Waals surface area (Å²) in [7, 11) is 1.80. The molecule has 0 saturated heterocycles. The molecule has 0 atom stereocenters. The van der Waals surface area contributed by atoms with Crippen molar-refractivity contribution in [3.05, 3.63) is 22.7 Å². The quantitative estimate of drug-likeness (QED) is 0.855. The molecule has 2 rings (SSSR count). The lowest BCUT2D eigenvalue weighted by molar-refractivity contribution is 0.0793. The van der Waals surface area contributed by atoms with Gasteiger partial charge in [-0.3, -0.25) is 4.79 Å². The van der Waals surface area contributed by atoms with Crippen LogP contribution in [0.5, 0.6) is 11.5 Å². The maximum atomic E-state index is 12.3. The summed E-state index contributed by atoms with van der Waals surface area (Å²) < 4.78 is 11.2. The van der Waals surface area contributed by atoms with Crippen LogP contribution < -0.4 is 9.47 Å². The molecule has 0 aromatic heterocycles. The minimum absolute atomic E-state index is 0.0454. The van der Waals surface area contributed by atoms with Gasteiger partial charge in [-0.1, -0.05) is 24.9 Å². The smallest absolute Gasteiger partial charge is 0.253 e. The van der Waals surface area contributed by atoms with Crippen molar-refractivity contribution in [2.24, 2.45) is 0 Å². The lowest BCUT2D eigenvalue weighted by Gasteiger charge is -2.18. The minimum atomic E-state index is -0.0454. The third-order valence-corrected chi connectivity index (χ3v) is 3.52. The van der Waals surface area contributed by atoms with Gasteiger partial charge in [0.05, 0.1) is 18.2 Å². The van der Waals surface area contributed by atoms with Gasteiger partial charge in [-0.25, -0.2) is 0 Å². The normalized spacial score (nSPS) is 13.8. The average Bonchev–Trinajstić information content (AvgIpc) is 2.69. The van der Waals surface area contributed by atoms with Gasteiger partial charge in [0.1, 0.15) is 0 Å². The van der Waals surface area contributed by atoms with E-state index in [2.05, 4.69) is 6.92 Å². The van der Waals surface area contributed by atoms with E-state index in [-0.39, 0.29) is 5.91 Å². The van der Waals surface area contributed by atoms with Gasteiger partial charge < -0.3 is 14.4 Å². The highest BCUT2D eigenvalue weighted by Crippen LogP contribution is 2.38. The number of amides is 1. The monoisotopic (exact) mass is 297 g/mol. The highest BCUT2D eigenvalue weighted by atomic mass is 35.5. The summed E-state index contributed by atoms with van der Waals surface area (Å²) in [5.74, 6) is 1.05. The van der Waals surface area contributed by atoms with E-state index in [1.165, 1.54) is 0 Å². The van der Waals surface area contributed by atoms with Crippen molar-refractivity contribution in [1.82, 2.24) is 4.90 Å². The second-order valence-electron chi connectivity index (χ2n) is 4.92. The summed E-state index contributed by atoms with van der Waals surface area (Å²) in [4.78, 5) is 14.1. The average molecular weight is 298 g/mol. The second kappa shape index (κ2) is 6.84. The number of fused-ring (bicyclic) bond motifs is 1. The Hall–Kier alpha value is -1.42. The van der Waals surface area contributed by atoms with E-state index >= 15 is 0 Å². The van der Waals surface area contributed by atoms with E-state index in [0.717, 1.165) is 25.8 Å². The van der Waals surface area contributed by atoms with Gasteiger partial charge in [0.15, 0.2) is 11.5 Å². The summed E-state index contributed by atoms with van der Waals surface area (Å²) >= 11 is 6.20. The molecule has 1 aromatic rings. The Morgan fingerprint density at radius 2 is 2.10 bits per heavy atom. The zero-order chi connectivity index (χ0) is 14.5. The number of ether oxygens (including phenoxy) is 2. The first-order valence-electron chi connectivity index (χ1n) is 6.98. The Morgan fingerprint density at radius 1 is 1.35 bits per heavy atom. The molecule has 0 N–H and O–H groups in total. The third-order valence-electron chi connectivity index (χ3n) is 3.24. The Kier molecular flexibility index (Phi) is 5.12. The van der Waals surface area contributed by atoms with Crippen molar-refractivity contribution in [2.75, 3.05) is 26.8 Å². The van der Waals surface area contributed by atoms with Crippen molar-refractivity contribution in [3.63, 3.8) is 0 Å². The van der Waals surface area contributed by atoms with Crippen molar-refractivity contribution in [3.8, 4) is 11.5 Å². The number of hydrogen-bond acceptors (Lipinski definition) is 3. The first-order valence-corrected chi connectivity index (χ1v) is 7.36. The van der Waals surface area contributed by atoms with Crippen LogP contribution >= 0.6 is 11.6 Å². The molecule has 0 aliphatic carbocycles. The summed E-state index contributed by atoms with van der Waals surface area (Å²) in [5.41, 5.74) is 0.540. The van der Waals surface area contributed by atoms with E-state index in [1.54, 1.807) is 24.1 Å². The molecule has 0 spiro atoms. The molecule has 0 radical (unpaired) electrons. The van der Waals surface area contributed by atoms with Crippen molar-refractivity contribution in [1.29, 1.82) is 0 Å². The summed E-state index contributed by atoms with van der Waals surface area (Å²) in [6, 6.07) is 3.37. The molecule has 110 valence electrons. The summed E-state index contributed by atoms with van der Waals surface area (Å²) in [6.07, 6.45) is 2.85. The number of benzene rings is 1. The molecule has 20 heavy (non-hydrogen) atoms. The van der Waals surface area contributed by atoms with Gasteiger partial charge in [-0.2, -0.15) is 0 Å². The molecular formula is C15H20ClNO3. The number of carbonyl (C=O) groups excluding carboxylic acids is 1. The maximum Gasteiger partial charge on any atom is 0.253 e. The van der Waals surface area contributed by atoms with Crippen LogP contribution in [-0.4, -0.2) is 37.6 Å². The van der Waals surface area contributed by atoms with Crippen LogP contribution in [-0.2, 0) is 0 Å². The van der Waals surface area contributed by atoms with E-state index in [4.69, 9.17) is 21.1 Å². The fourth-order valence-electron chi connectivity index (χ4n) is 2.07. The number of nitrogens with zero attached hydrogens (tertiary/aromatic N) is 1. The van der Waals surface area contributed by atoms with Crippen molar-refractivity contribution >= 4 is 17.5 Å². The lowest BCUT2D eigenvalue weighted by Crippen LogP contribution is -2.27. The Labute approximate surface area is 124 Å². The van der Waals surface area contributed by atoms with Crippen LogP contribution in [0.4, 0.5) is 0 Å². The number of rotatable bonds is 4. The Bertz CT molecular complexity index is 490. The third kappa shape index (κ3) is 3.37. The van der Waals surface area contributed by atoms with Crippen LogP contribution in [0.15, 0.2) is 12.1 Å². The summed E-state index contributed by atoms with van der Waals surface area (Å²) in [6.45, 7) is 3.99. The molecule has 4 nitrogen and oxygen atoms in total. The number of hydrogen-bond donors (Lipinski definition) is 0. The van der Waals surface area contributed by atoms with Crippen LogP contribution in [0.3, 0.4) is 0 Å². The van der Waals surface area contributed by atoms with Crippen LogP contribution in [0, 0.1) is 0 Å². The zero-order valence-corrected chi connectivity index (χ0v) is 12.7. The molecule has 0 bridgehead atoms. The van der Waals surface area contributed by atoms with Crippen LogP contribution in [0.25, 0.3) is 0 Å². The van der Waals surface area contributed by atoms with Crippen LogP contribution in [0.1, 0.15) is 36.5 Å². The van der Waals surface area contributed by atoms with E-state index in [1.807, 2.05) is 0 Å². The first kappa shape index (κ1) is 15.0. The minimum Gasteiger partial charge on any atom is -0.489 e. The zero-order valence-electron chi connectivity index (χ0n) is 11.9. The molecule has 1 aromatic carbocycles. The van der Waals surface area contributed by atoms with Crippen molar-refractivity contribution < 1.29 is 14.3 Å². The largest absolute Gasteiger partial charge is 0.489 e. The predicted octanol–water partition coefficient (Wildman–Crippen LogP) is 3.37. The summed E-state index contributed by atoms with van der Waals surface area (Å²) in [5, 5.41) is 0.427. The molecule has 5 heteroatoms. The van der Waals surface area contributed by atoms with Gasteiger partial charge in [0, 0.05) is 25.6 Å². The Balaban J connectivity index is 2.22. The lowest BCUT2D eigenvalue weighted by atomic mass is 10.1. The van der Waals surface area contributed by atoms with Gasteiger partial charge >= 0.3 is 0 Å². The van der Waals surface area contributed by atoms with E-state index < -0.39 is 0 Å². The first-order chi connectivity index (χ1) is 9.63. The predicted molar refractivity (Wildman–Crippen MR) is 78.9 cm³/mol. The maximum absolute atomic E-state index is 12.3. The van der Waals surface area contributed by atoms with Gasteiger partial charge in [0.25, 0.3) is 5.91 Å². The number of carbonyl (C=O) groups is 1. The fraction of sp³-hybridized carbons (Fsp3) is 0.533. The number of halogens is 1. The highest BCUT2D eigenvalue weighted by Gasteiger charge is 2.20. The molecular weight excluding hydrogens is 278 g/mol. The van der Waals surface area contributed by atoms with E-state index in [0.29, 0.717) is 35.3 Å². The molecule has 1 aliphatic heterocycles. The van der Waals surface area contributed by atoms with E-state index in [9.17, 15) is 4.79 Å². The topological polar surface area (TPSA) is 38.8 Å². The van der Waals surface area contributed by atoms with Gasteiger partial charge in [-0.05, 0) is 18.6 Å². The van der Waals surface area contributed by atoms with Crippen LogP contribution in [0.2, 0.25) is 5.02 Å². The number of unbranched alkanes of at least 4 members (excludes halogenated alkanes) is 1.